The number of likely N-dealkylation sites (tertiary alicyclic amines) is 1. The first-order valence-electron chi connectivity index (χ1n) is 10.3. The Morgan fingerprint density at radius 3 is 2.37 bits per heavy atom. The van der Waals surface area contributed by atoms with Crippen LogP contribution in [0.25, 0.3) is 0 Å². The monoisotopic (exact) mass is 438 g/mol. The van der Waals surface area contributed by atoms with Gasteiger partial charge in [0.1, 0.15) is 5.82 Å². The Bertz CT molecular complexity index is 790. The molecule has 3 amide bonds. The van der Waals surface area contributed by atoms with Crippen LogP contribution < -0.4 is 5.32 Å². The van der Waals surface area contributed by atoms with Gasteiger partial charge in [0.25, 0.3) is 5.91 Å². The second kappa shape index (κ2) is 10.2. The number of rotatable bonds is 5. The van der Waals surface area contributed by atoms with Crippen molar-refractivity contribution in [3.63, 3.8) is 0 Å². The summed E-state index contributed by atoms with van der Waals surface area (Å²) in [4.78, 5) is 43.2. The summed E-state index contributed by atoms with van der Waals surface area (Å²) in [5, 5.41) is 2.68. The van der Waals surface area contributed by atoms with E-state index in [0.717, 1.165) is 32.2 Å². The average molecular weight is 439 g/mol. The highest BCUT2D eigenvalue weighted by Crippen LogP contribution is 2.21. The van der Waals surface area contributed by atoms with Crippen molar-refractivity contribution in [1.29, 1.82) is 0 Å². The molecule has 7 nitrogen and oxygen atoms in total. The van der Waals surface area contributed by atoms with Crippen LogP contribution in [-0.2, 0) is 9.59 Å². The fourth-order valence-electron chi connectivity index (χ4n) is 3.87. The zero-order valence-corrected chi connectivity index (χ0v) is 18.0. The third kappa shape index (κ3) is 5.70. The highest BCUT2D eigenvalue weighted by Gasteiger charge is 2.31. The number of nitrogens with zero attached hydrogens (tertiary/aromatic N) is 3. The molecule has 0 radical (unpaired) electrons. The van der Waals surface area contributed by atoms with Crippen molar-refractivity contribution in [3.05, 3.63) is 34.6 Å². The van der Waals surface area contributed by atoms with Gasteiger partial charge in [-0.2, -0.15) is 0 Å². The first-order chi connectivity index (χ1) is 14.3. The van der Waals surface area contributed by atoms with E-state index in [2.05, 4.69) is 17.3 Å². The van der Waals surface area contributed by atoms with Crippen LogP contribution in [0.15, 0.2) is 18.2 Å². The molecular weight excluding hydrogens is 411 g/mol. The van der Waals surface area contributed by atoms with Crippen LogP contribution >= 0.6 is 11.6 Å². The highest BCUT2D eigenvalue weighted by atomic mass is 35.5. The molecule has 30 heavy (non-hydrogen) atoms. The number of carbonyl (C=O) groups is 3. The summed E-state index contributed by atoms with van der Waals surface area (Å²) in [5.41, 5.74) is 0.175. The van der Waals surface area contributed by atoms with Crippen molar-refractivity contribution in [3.8, 4) is 0 Å². The van der Waals surface area contributed by atoms with Gasteiger partial charge in [-0.1, -0.05) is 11.6 Å². The molecule has 0 aliphatic carbocycles. The van der Waals surface area contributed by atoms with Crippen LogP contribution in [0, 0.1) is 11.7 Å². The number of halogens is 2. The van der Waals surface area contributed by atoms with Crippen LogP contribution in [0.3, 0.4) is 0 Å². The average Bonchev–Trinajstić information content (AvgIpc) is 2.73. The number of likely N-dealkylation sites (N-methyl/N-ethyl adjacent to an activating group) is 1. The molecule has 0 unspecified atom stereocenters. The van der Waals surface area contributed by atoms with Crippen molar-refractivity contribution in [2.75, 3.05) is 52.9 Å². The molecule has 0 spiro atoms. The fourth-order valence-corrected chi connectivity index (χ4v) is 4.12. The van der Waals surface area contributed by atoms with Gasteiger partial charge in [-0.3, -0.25) is 14.4 Å². The largest absolute Gasteiger partial charge is 0.351 e. The van der Waals surface area contributed by atoms with Gasteiger partial charge in [-0.25, -0.2) is 4.39 Å². The fraction of sp³-hybridized carbons (Fsp3) is 0.571. The zero-order chi connectivity index (χ0) is 21.7. The van der Waals surface area contributed by atoms with Crippen molar-refractivity contribution in [1.82, 2.24) is 20.0 Å². The van der Waals surface area contributed by atoms with E-state index in [1.807, 2.05) is 4.90 Å². The standard InChI is InChI=1S/C21H28ClFN4O3/c1-25-10-12-27(13-11-25)21(30)15-5-8-26(9-6-15)19(28)4-7-24-20(29)17-3-2-16(23)14-18(17)22/h2-3,14-15H,4-13H2,1H3,(H,24,29). The van der Waals surface area contributed by atoms with Gasteiger partial charge in [-0.05, 0) is 38.1 Å². The first-order valence-corrected chi connectivity index (χ1v) is 10.7. The van der Waals surface area contributed by atoms with E-state index < -0.39 is 11.7 Å². The maximum Gasteiger partial charge on any atom is 0.252 e. The number of benzene rings is 1. The first kappa shape index (κ1) is 22.5. The molecule has 0 atom stereocenters. The van der Waals surface area contributed by atoms with E-state index in [0.29, 0.717) is 25.9 Å². The molecule has 164 valence electrons. The normalized spacial score (nSPS) is 18.4. The van der Waals surface area contributed by atoms with E-state index in [1.54, 1.807) is 4.90 Å². The van der Waals surface area contributed by atoms with E-state index >= 15 is 0 Å². The predicted octanol–water partition coefficient (Wildman–Crippen LogP) is 1.61. The van der Waals surface area contributed by atoms with E-state index in [4.69, 9.17) is 11.6 Å². The van der Waals surface area contributed by atoms with Crippen LogP contribution in [0.5, 0.6) is 0 Å². The molecule has 2 fully saturated rings. The molecule has 0 aromatic heterocycles. The van der Waals surface area contributed by atoms with Crippen molar-refractivity contribution >= 4 is 29.3 Å². The molecule has 2 saturated heterocycles. The predicted molar refractivity (Wildman–Crippen MR) is 112 cm³/mol. The quantitative estimate of drug-likeness (QED) is 0.758. The zero-order valence-electron chi connectivity index (χ0n) is 17.2. The molecule has 0 saturated carbocycles. The number of hydrogen-bond donors (Lipinski definition) is 1. The minimum absolute atomic E-state index is 0.0159. The lowest BCUT2D eigenvalue weighted by atomic mass is 9.94. The maximum atomic E-state index is 13.1. The summed E-state index contributed by atoms with van der Waals surface area (Å²) in [6.45, 7) is 4.63. The number of nitrogens with one attached hydrogen (secondary N) is 1. The number of carbonyl (C=O) groups excluding carboxylic acids is 3. The van der Waals surface area contributed by atoms with Crippen LogP contribution in [0.1, 0.15) is 29.6 Å². The molecule has 2 heterocycles. The Morgan fingerprint density at radius 2 is 1.73 bits per heavy atom. The molecule has 2 aliphatic heterocycles. The topological polar surface area (TPSA) is 73.0 Å². The molecule has 3 rings (SSSR count). The number of amides is 3. The van der Waals surface area contributed by atoms with Crippen LogP contribution in [0.4, 0.5) is 4.39 Å². The van der Waals surface area contributed by atoms with Crippen molar-refractivity contribution in [2.45, 2.75) is 19.3 Å². The minimum atomic E-state index is -0.513. The van der Waals surface area contributed by atoms with Gasteiger partial charge in [0.2, 0.25) is 11.8 Å². The minimum Gasteiger partial charge on any atom is -0.351 e. The molecule has 1 N–H and O–H groups in total. The lowest BCUT2D eigenvalue weighted by Crippen LogP contribution is -2.51. The summed E-state index contributed by atoms with van der Waals surface area (Å²) in [5.74, 6) is -0.812. The Labute approximate surface area is 181 Å². The van der Waals surface area contributed by atoms with E-state index in [1.165, 1.54) is 12.1 Å². The lowest BCUT2D eigenvalue weighted by Gasteiger charge is -2.37. The Kier molecular flexibility index (Phi) is 7.66. The van der Waals surface area contributed by atoms with Gasteiger partial charge in [0.05, 0.1) is 10.6 Å². The molecule has 2 aliphatic rings. The summed E-state index contributed by atoms with van der Waals surface area (Å²) in [6, 6.07) is 3.56. The van der Waals surface area contributed by atoms with E-state index in [9.17, 15) is 18.8 Å². The third-order valence-electron chi connectivity index (χ3n) is 5.81. The molecule has 1 aromatic carbocycles. The van der Waals surface area contributed by atoms with Gasteiger partial charge in [0, 0.05) is 58.2 Å². The number of piperidine rings is 1. The molecule has 1 aromatic rings. The lowest BCUT2D eigenvalue weighted by molar-refractivity contribution is -0.141. The highest BCUT2D eigenvalue weighted by molar-refractivity contribution is 6.33. The summed E-state index contributed by atoms with van der Waals surface area (Å²) in [7, 11) is 2.06. The van der Waals surface area contributed by atoms with Crippen molar-refractivity contribution < 1.29 is 18.8 Å². The summed E-state index contributed by atoms with van der Waals surface area (Å²) < 4.78 is 13.1. The number of piperazine rings is 1. The van der Waals surface area contributed by atoms with Crippen molar-refractivity contribution in [2.24, 2.45) is 5.92 Å². The smallest absolute Gasteiger partial charge is 0.252 e. The van der Waals surface area contributed by atoms with Gasteiger partial charge in [0.15, 0.2) is 0 Å². The second-order valence-corrected chi connectivity index (χ2v) is 8.32. The Balaban J connectivity index is 1.39. The van der Waals surface area contributed by atoms with Gasteiger partial charge in [-0.15, -0.1) is 0 Å². The third-order valence-corrected chi connectivity index (χ3v) is 6.12. The molecule has 0 bridgehead atoms. The summed E-state index contributed by atoms with van der Waals surface area (Å²) >= 11 is 5.88. The Morgan fingerprint density at radius 1 is 1.07 bits per heavy atom. The molecular formula is C21H28ClFN4O3. The van der Waals surface area contributed by atoms with Gasteiger partial charge >= 0.3 is 0 Å². The van der Waals surface area contributed by atoms with E-state index in [-0.39, 0.29) is 41.3 Å². The molecule has 9 heteroatoms. The second-order valence-electron chi connectivity index (χ2n) is 7.91. The number of hydrogen-bond acceptors (Lipinski definition) is 4. The van der Waals surface area contributed by atoms with Crippen LogP contribution in [-0.4, -0.2) is 85.3 Å². The summed E-state index contributed by atoms with van der Waals surface area (Å²) in [6.07, 6.45) is 1.52. The van der Waals surface area contributed by atoms with Crippen LogP contribution in [0.2, 0.25) is 5.02 Å². The maximum absolute atomic E-state index is 13.1. The SMILES string of the molecule is CN1CCN(C(=O)C2CCN(C(=O)CCNC(=O)c3ccc(F)cc3Cl)CC2)CC1. The van der Waals surface area contributed by atoms with Gasteiger partial charge < -0.3 is 20.0 Å². The Hall–Kier alpha value is -2.19.